The molecule has 2 aliphatic rings. The van der Waals surface area contributed by atoms with Gasteiger partial charge in [-0.15, -0.1) is 0 Å². The Labute approximate surface area is 415 Å². The molecule has 2 fully saturated rings. The van der Waals surface area contributed by atoms with E-state index in [1.165, 1.54) is 16.7 Å². The average molecular weight is 974 g/mol. The highest BCUT2D eigenvalue weighted by molar-refractivity contribution is 8.00. The molecule has 2 saturated heterocycles. The molecule has 13 nitrogen and oxygen atoms in total. The molecule has 0 aromatic heterocycles. The van der Waals surface area contributed by atoms with Crippen molar-refractivity contribution in [3.63, 3.8) is 0 Å². The zero-order valence-electron chi connectivity index (χ0n) is 40.9. The molecule has 69 heavy (non-hydrogen) atoms. The van der Waals surface area contributed by atoms with Crippen molar-refractivity contribution in [1.82, 2.24) is 16.0 Å². The second-order valence-corrected chi connectivity index (χ2v) is 19.1. The van der Waals surface area contributed by atoms with Gasteiger partial charge in [0.15, 0.2) is 0 Å². The summed E-state index contributed by atoms with van der Waals surface area (Å²) in [6, 6.07) is 32.2. The molecule has 2 amide bonds. The maximum absolute atomic E-state index is 12.3. The zero-order chi connectivity index (χ0) is 48.5. The maximum Gasteiger partial charge on any atom is 0.315 e. The number of Topliss-reactive ketones (excluding diaryl/α,β-unsaturated/α-hetero) is 3. The van der Waals surface area contributed by atoms with Crippen molar-refractivity contribution in [3.8, 4) is 0 Å². The van der Waals surface area contributed by atoms with Crippen molar-refractivity contribution in [1.29, 1.82) is 0 Å². The summed E-state index contributed by atoms with van der Waals surface area (Å²) in [5.74, 6) is 1.27. The third kappa shape index (κ3) is 21.5. The van der Waals surface area contributed by atoms with Crippen LogP contribution in [0.4, 0.5) is 4.79 Å². The Hall–Kier alpha value is -3.99. The quantitative estimate of drug-likeness (QED) is 0.0216. The number of amides is 2. The molecule has 3 aromatic carbocycles. The molecule has 14 heteroatoms. The SMILES string of the molecule is O=C(CCCCOCCOCCOCCCCC(=O)CC(=O)CCCCOCCOCCOCCCNC(c1ccccc1)(c1ccccc1)c1ccccc1)CCCC[C@@H]1SCC2NC(=O)NC21. The molecule has 380 valence electrons. The van der Waals surface area contributed by atoms with Gasteiger partial charge in [-0.3, -0.25) is 19.7 Å². The Kier molecular flexibility index (Phi) is 27.8. The Morgan fingerprint density at radius 1 is 0.493 bits per heavy atom. The van der Waals surface area contributed by atoms with E-state index in [2.05, 4.69) is 107 Å². The molecule has 2 unspecified atom stereocenters. The number of thioether (sulfide) groups is 1. The summed E-state index contributed by atoms with van der Waals surface area (Å²) in [7, 11) is 0. The first-order chi connectivity index (χ1) is 34.0. The van der Waals surface area contributed by atoms with Crippen LogP contribution >= 0.6 is 11.8 Å². The van der Waals surface area contributed by atoms with E-state index < -0.39 is 5.54 Å². The molecule has 0 aliphatic carbocycles. The fourth-order valence-corrected chi connectivity index (χ4v) is 10.4. The summed E-state index contributed by atoms with van der Waals surface area (Å²) in [6.07, 6.45) is 10.5. The monoisotopic (exact) mass is 974 g/mol. The van der Waals surface area contributed by atoms with E-state index in [9.17, 15) is 19.2 Å². The predicted octanol–water partition coefficient (Wildman–Crippen LogP) is 8.39. The van der Waals surface area contributed by atoms with Crippen LogP contribution in [0, 0.1) is 0 Å². The van der Waals surface area contributed by atoms with E-state index in [1.54, 1.807) is 0 Å². The van der Waals surface area contributed by atoms with Gasteiger partial charge in [-0.25, -0.2) is 4.79 Å². The summed E-state index contributed by atoms with van der Waals surface area (Å²) in [4.78, 5) is 48.3. The largest absolute Gasteiger partial charge is 0.379 e. The summed E-state index contributed by atoms with van der Waals surface area (Å²) < 4.78 is 34.1. The molecule has 0 bridgehead atoms. The molecule has 0 radical (unpaired) electrons. The number of ether oxygens (including phenoxy) is 6. The first-order valence-corrected chi connectivity index (χ1v) is 26.6. The maximum atomic E-state index is 12.3. The first-order valence-electron chi connectivity index (χ1n) is 25.6. The van der Waals surface area contributed by atoms with E-state index in [0.717, 1.165) is 63.7 Å². The standard InChI is InChI=1S/C55H79N3O10S/c59-48(25-10-11-29-52-53-51(44-69-52)57-54(62)58-53)26-12-15-31-63-35-39-67-40-36-64-32-16-13-27-49(60)43-50(61)28-14-17-33-65-37-41-68-42-38-66-34-18-30-56-55(45-19-4-1-5-20-45,46-21-6-2-7-22-46)47-23-8-3-9-24-47/h1-9,19-24,51-53,56H,10-18,25-44H2,(H2,57,58,62)/t51?,52-,53?/m0/s1. The Morgan fingerprint density at radius 2 is 0.884 bits per heavy atom. The van der Waals surface area contributed by atoms with E-state index in [0.29, 0.717) is 129 Å². The van der Waals surface area contributed by atoms with E-state index in [4.69, 9.17) is 28.4 Å². The topological polar surface area (TPSA) is 160 Å². The molecule has 3 aromatic rings. The number of carbonyl (C=O) groups is 4. The number of hydrogen-bond acceptors (Lipinski definition) is 12. The van der Waals surface area contributed by atoms with Gasteiger partial charge in [0.05, 0.1) is 76.9 Å². The Morgan fingerprint density at radius 3 is 1.33 bits per heavy atom. The minimum atomic E-state index is -0.484. The molecule has 2 aliphatic heterocycles. The highest BCUT2D eigenvalue weighted by Gasteiger charge is 2.42. The van der Waals surface area contributed by atoms with E-state index >= 15 is 0 Å². The fourth-order valence-electron chi connectivity index (χ4n) is 8.82. The smallest absolute Gasteiger partial charge is 0.315 e. The van der Waals surface area contributed by atoms with Gasteiger partial charge in [-0.2, -0.15) is 11.8 Å². The number of carbonyl (C=O) groups excluding carboxylic acids is 4. The third-order valence-electron chi connectivity index (χ3n) is 12.5. The number of benzene rings is 3. The minimum absolute atomic E-state index is 0.00134. The second kappa shape index (κ2) is 34.4. The van der Waals surface area contributed by atoms with Gasteiger partial charge >= 0.3 is 6.03 Å². The van der Waals surface area contributed by atoms with Crippen molar-refractivity contribution in [2.45, 2.75) is 119 Å². The number of rotatable bonds is 42. The molecule has 2 heterocycles. The van der Waals surface area contributed by atoms with Gasteiger partial charge in [-0.1, -0.05) is 97.4 Å². The Bertz CT molecular complexity index is 1760. The Balaban J connectivity index is 0.729. The summed E-state index contributed by atoms with van der Waals surface area (Å²) in [5.41, 5.74) is 3.08. The average Bonchev–Trinajstić information content (AvgIpc) is 3.93. The molecule has 3 N–H and O–H groups in total. The van der Waals surface area contributed by atoms with Crippen LogP contribution in [0.15, 0.2) is 91.0 Å². The lowest BCUT2D eigenvalue weighted by molar-refractivity contribution is -0.127. The van der Waals surface area contributed by atoms with Crippen molar-refractivity contribution in [3.05, 3.63) is 108 Å². The van der Waals surface area contributed by atoms with Crippen LogP contribution in [0.3, 0.4) is 0 Å². The summed E-state index contributed by atoms with van der Waals surface area (Å²) in [5, 5.41) is 10.3. The zero-order valence-corrected chi connectivity index (χ0v) is 41.7. The molecular formula is C55H79N3O10S. The van der Waals surface area contributed by atoms with Crippen molar-refractivity contribution in [2.24, 2.45) is 0 Å². The van der Waals surface area contributed by atoms with Crippen LogP contribution < -0.4 is 16.0 Å². The van der Waals surface area contributed by atoms with E-state index in [-0.39, 0.29) is 36.1 Å². The van der Waals surface area contributed by atoms with Crippen LogP contribution in [0.5, 0.6) is 0 Å². The van der Waals surface area contributed by atoms with Crippen LogP contribution in [-0.4, -0.2) is 132 Å². The van der Waals surface area contributed by atoms with E-state index in [1.807, 2.05) is 11.8 Å². The number of fused-ring (bicyclic) bond motifs is 1. The first kappa shape index (κ1) is 55.9. The van der Waals surface area contributed by atoms with Crippen LogP contribution in [-0.2, 0) is 48.3 Å². The van der Waals surface area contributed by atoms with Crippen LogP contribution in [0.1, 0.15) is 113 Å². The van der Waals surface area contributed by atoms with Crippen molar-refractivity contribution in [2.75, 3.05) is 91.6 Å². The molecule has 0 spiro atoms. The highest BCUT2D eigenvalue weighted by Crippen LogP contribution is 2.37. The molecule has 5 rings (SSSR count). The van der Waals surface area contributed by atoms with Crippen molar-refractivity contribution < 1.29 is 47.6 Å². The summed E-state index contributed by atoms with van der Waals surface area (Å²) >= 11 is 1.92. The van der Waals surface area contributed by atoms with Gasteiger partial charge in [0.25, 0.3) is 0 Å². The molecule has 3 atom stereocenters. The fraction of sp³-hybridized carbons (Fsp3) is 0.600. The lowest BCUT2D eigenvalue weighted by Crippen LogP contribution is -2.45. The van der Waals surface area contributed by atoms with Gasteiger partial charge in [0.1, 0.15) is 17.3 Å². The van der Waals surface area contributed by atoms with Gasteiger partial charge in [0.2, 0.25) is 0 Å². The number of hydrogen-bond donors (Lipinski definition) is 3. The normalized spacial score (nSPS) is 16.6. The van der Waals surface area contributed by atoms with Gasteiger partial charge < -0.3 is 39.1 Å². The second-order valence-electron chi connectivity index (χ2n) is 17.8. The molecule has 0 saturated carbocycles. The summed E-state index contributed by atoms with van der Waals surface area (Å²) in [6.45, 7) is 7.08. The van der Waals surface area contributed by atoms with Crippen LogP contribution in [0.25, 0.3) is 0 Å². The number of nitrogens with one attached hydrogen (secondary N) is 3. The van der Waals surface area contributed by atoms with Gasteiger partial charge in [0, 0.05) is 63.1 Å². The lowest BCUT2D eigenvalue weighted by atomic mass is 9.77. The highest BCUT2D eigenvalue weighted by atomic mass is 32.2. The number of unbranched alkanes of at least 4 members (excludes halogenated alkanes) is 4. The third-order valence-corrected chi connectivity index (χ3v) is 14.0. The number of ketones is 3. The molecular weight excluding hydrogens is 895 g/mol. The van der Waals surface area contributed by atoms with Gasteiger partial charge in [-0.05, 0) is 81.0 Å². The predicted molar refractivity (Wildman–Crippen MR) is 272 cm³/mol. The minimum Gasteiger partial charge on any atom is -0.379 e. The van der Waals surface area contributed by atoms with Crippen molar-refractivity contribution >= 4 is 35.1 Å². The number of urea groups is 1. The van der Waals surface area contributed by atoms with Crippen LogP contribution in [0.2, 0.25) is 0 Å². The lowest BCUT2D eigenvalue weighted by Gasteiger charge is -2.37.